The van der Waals surface area contributed by atoms with Gasteiger partial charge in [-0.1, -0.05) is 61.7 Å². The molecule has 1 aromatic heterocycles. The number of aryl methyl sites for hydroxylation is 1. The van der Waals surface area contributed by atoms with Gasteiger partial charge in [0.2, 0.25) is 0 Å². The topological polar surface area (TPSA) is 8.81 Å². The summed E-state index contributed by atoms with van der Waals surface area (Å²) in [6.07, 6.45) is 6.07. The number of imidazole rings is 1. The number of fused-ring (bicyclic) bond motifs is 3. The minimum Gasteiger partial charge on any atom is -0.219 e. The highest BCUT2D eigenvalue weighted by Gasteiger charge is 2.48. The van der Waals surface area contributed by atoms with Crippen LogP contribution in [-0.4, -0.2) is 4.57 Å². The zero-order chi connectivity index (χ0) is 22.0. The molecule has 0 spiro atoms. The number of para-hydroxylation sites is 1. The number of hydrogen-bond donors (Lipinski definition) is 0. The Kier molecular flexibility index (Phi) is 4.37. The number of benzene rings is 2. The summed E-state index contributed by atoms with van der Waals surface area (Å²) in [7, 11) is 0. The Morgan fingerprint density at radius 1 is 0.933 bits per heavy atom. The molecule has 3 aromatic rings. The molecule has 0 radical (unpaired) electrons. The average Bonchev–Trinajstić information content (AvgIpc) is 3.21. The molecule has 1 fully saturated rings. The second-order valence-corrected chi connectivity index (χ2v) is 10.2. The van der Waals surface area contributed by atoms with E-state index < -0.39 is 6.02 Å². The summed E-state index contributed by atoms with van der Waals surface area (Å²) in [5, 5.41) is 0. The van der Waals surface area contributed by atoms with Crippen LogP contribution in [0, 0.1) is 19.8 Å². The SMILES string of the molecule is [2H]C1(C2CCCCC2)c2ccccc2-c2c(C)n(-c3ccccc3C)c(C(C)(C)C)[n+]21. The molecule has 1 aliphatic carbocycles. The predicted octanol–water partition coefficient (Wildman–Crippen LogP) is 6.83. The molecule has 1 unspecified atom stereocenters. The molecule has 0 bridgehead atoms. The third-order valence-electron chi connectivity index (χ3n) is 7.04. The number of rotatable bonds is 2. The van der Waals surface area contributed by atoms with Gasteiger partial charge < -0.3 is 0 Å². The quantitative estimate of drug-likeness (QED) is 0.417. The van der Waals surface area contributed by atoms with Gasteiger partial charge in [0, 0.05) is 24.0 Å². The van der Waals surface area contributed by atoms with Crippen LogP contribution in [0.3, 0.4) is 0 Å². The number of hydrogen-bond acceptors (Lipinski definition) is 0. The molecule has 1 saturated carbocycles. The first kappa shape index (κ1) is 18.4. The second kappa shape index (κ2) is 7.11. The molecule has 2 heterocycles. The van der Waals surface area contributed by atoms with E-state index in [0.717, 1.165) is 12.8 Å². The molecule has 2 aromatic carbocycles. The van der Waals surface area contributed by atoms with E-state index in [9.17, 15) is 1.37 Å². The lowest BCUT2D eigenvalue weighted by Gasteiger charge is -2.29. The lowest BCUT2D eigenvalue weighted by molar-refractivity contribution is -0.715. The van der Waals surface area contributed by atoms with E-state index in [2.05, 4.69) is 92.3 Å². The average molecular weight is 401 g/mol. The van der Waals surface area contributed by atoms with Gasteiger partial charge in [-0.3, -0.25) is 0 Å². The smallest absolute Gasteiger partial charge is 0.219 e. The molecule has 0 amide bonds. The highest BCUT2D eigenvalue weighted by atomic mass is 15.2. The van der Waals surface area contributed by atoms with Gasteiger partial charge in [0.25, 0.3) is 5.82 Å². The molecule has 0 N–H and O–H groups in total. The molecule has 0 saturated heterocycles. The maximum Gasteiger partial charge on any atom is 0.268 e. The predicted molar refractivity (Wildman–Crippen MR) is 124 cm³/mol. The molecule has 1 atom stereocenters. The maximum atomic E-state index is 10.1. The molecular formula is C28H35N2+. The summed E-state index contributed by atoms with van der Waals surface area (Å²) < 4.78 is 15.0. The Balaban J connectivity index is 1.90. The molecule has 156 valence electrons. The molecule has 1 aliphatic heterocycles. The van der Waals surface area contributed by atoms with Crippen molar-refractivity contribution in [1.29, 1.82) is 0 Å². The van der Waals surface area contributed by atoms with Crippen molar-refractivity contribution in [3.05, 3.63) is 71.2 Å². The Morgan fingerprint density at radius 3 is 2.30 bits per heavy atom. The third kappa shape index (κ3) is 2.87. The van der Waals surface area contributed by atoms with Gasteiger partial charge in [-0.05, 0) is 52.2 Å². The summed E-state index contributed by atoms with van der Waals surface area (Å²) in [6, 6.07) is 16.6. The lowest BCUT2D eigenvalue weighted by Crippen LogP contribution is -2.48. The molecule has 30 heavy (non-hydrogen) atoms. The lowest BCUT2D eigenvalue weighted by atomic mass is 9.80. The zero-order valence-electron chi connectivity index (χ0n) is 20.1. The molecule has 2 aliphatic rings. The van der Waals surface area contributed by atoms with E-state index in [4.69, 9.17) is 0 Å². The van der Waals surface area contributed by atoms with Gasteiger partial charge in [0.05, 0.1) is 6.79 Å². The van der Waals surface area contributed by atoms with Crippen molar-refractivity contribution in [2.45, 2.75) is 78.2 Å². The van der Waals surface area contributed by atoms with E-state index >= 15 is 0 Å². The first-order chi connectivity index (χ1) is 14.8. The van der Waals surface area contributed by atoms with Crippen LogP contribution in [0.4, 0.5) is 0 Å². The Hall–Kier alpha value is -2.35. The minimum atomic E-state index is -0.742. The van der Waals surface area contributed by atoms with Gasteiger partial charge in [0.15, 0.2) is 11.4 Å². The summed E-state index contributed by atoms with van der Waals surface area (Å²) in [6.45, 7) is 11.3. The largest absolute Gasteiger partial charge is 0.268 e. The van der Waals surface area contributed by atoms with Crippen molar-refractivity contribution in [2.24, 2.45) is 5.92 Å². The van der Waals surface area contributed by atoms with Crippen molar-refractivity contribution in [2.75, 3.05) is 0 Å². The Morgan fingerprint density at radius 2 is 1.60 bits per heavy atom. The first-order valence-corrected chi connectivity index (χ1v) is 11.6. The first-order valence-electron chi connectivity index (χ1n) is 12.1. The fourth-order valence-corrected chi connectivity index (χ4v) is 5.77. The van der Waals surface area contributed by atoms with Crippen LogP contribution in [0.15, 0.2) is 48.5 Å². The molecule has 2 nitrogen and oxygen atoms in total. The monoisotopic (exact) mass is 400 g/mol. The van der Waals surface area contributed by atoms with Crippen LogP contribution in [0.1, 0.15) is 82.9 Å². The highest BCUT2D eigenvalue weighted by molar-refractivity contribution is 5.68. The Labute approximate surface area is 183 Å². The third-order valence-corrected chi connectivity index (χ3v) is 7.04. The van der Waals surface area contributed by atoms with E-state index in [1.807, 2.05) is 0 Å². The summed E-state index contributed by atoms with van der Waals surface area (Å²) in [5.74, 6) is 1.59. The van der Waals surface area contributed by atoms with Crippen molar-refractivity contribution in [1.82, 2.24) is 4.57 Å². The van der Waals surface area contributed by atoms with Crippen LogP contribution < -0.4 is 4.57 Å². The summed E-state index contributed by atoms with van der Waals surface area (Å²) >= 11 is 0. The standard InChI is InChI=1S/C28H35N2/c1-19-13-9-12-18-24(19)29-20(2)25-22-16-10-11-17-23(22)26(21-14-7-6-8-15-21)30(25)27(29)28(3,4)5/h9-13,16-18,21,26H,6-8,14-15H2,1-5H3/q+1/i26D. The van der Waals surface area contributed by atoms with Crippen LogP contribution in [0.25, 0.3) is 16.9 Å². The maximum absolute atomic E-state index is 10.1. The van der Waals surface area contributed by atoms with Crippen LogP contribution in [-0.2, 0) is 5.41 Å². The van der Waals surface area contributed by atoms with Crippen LogP contribution >= 0.6 is 0 Å². The summed E-state index contributed by atoms with van der Waals surface area (Å²) in [5.41, 5.74) is 7.33. The van der Waals surface area contributed by atoms with Gasteiger partial charge in [-0.25, -0.2) is 4.57 Å². The van der Waals surface area contributed by atoms with Crippen molar-refractivity contribution < 1.29 is 5.94 Å². The zero-order valence-corrected chi connectivity index (χ0v) is 19.1. The number of aromatic nitrogens is 2. The van der Waals surface area contributed by atoms with Gasteiger partial charge >= 0.3 is 0 Å². The van der Waals surface area contributed by atoms with Crippen molar-refractivity contribution in [3.8, 4) is 16.9 Å². The molecular weight excluding hydrogens is 364 g/mol. The van der Waals surface area contributed by atoms with Crippen LogP contribution in [0.2, 0.25) is 0 Å². The van der Waals surface area contributed by atoms with Crippen molar-refractivity contribution >= 4 is 0 Å². The molecule has 2 heteroatoms. The Bertz CT molecular complexity index is 1140. The van der Waals surface area contributed by atoms with Crippen LogP contribution in [0.5, 0.6) is 0 Å². The van der Waals surface area contributed by atoms with Crippen molar-refractivity contribution in [3.63, 3.8) is 0 Å². The van der Waals surface area contributed by atoms with Gasteiger partial charge in [-0.2, -0.15) is 4.57 Å². The van der Waals surface area contributed by atoms with Gasteiger partial charge in [-0.15, -0.1) is 0 Å². The van der Waals surface area contributed by atoms with E-state index in [1.54, 1.807) is 0 Å². The van der Waals surface area contributed by atoms with E-state index in [0.29, 0.717) is 5.92 Å². The van der Waals surface area contributed by atoms with E-state index in [1.165, 1.54) is 58.9 Å². The highest BCUT2D eigenvalue weighted by Crippen LogP contribution is 2.46. The molecule has 5 rings (SSSR count). The minimum absolute atomic E-state index is 0.103. The normalized spacial score (nSPS) is 22.0. The van der Waals surface area contributed by atoms with E-state index in [-0.39, 0.29) is 5.41 Å². The number of nitrogens with zero attached hydrogens (tertiary/aromatic N) is 2. The fourth-order valence-electron chi connectivity index (χ4n) is 5.77. The van der Waals surface area contributed by atoms with Gasteiger partial charge in [0.1, 0.15) is 11.7 Å². The fraction of sp³-hybridized carbons (Fsp3) is 0.464. The summed E-state index contributed by atoms with van der Waals surface area (Å²) in [4.78, 5) is 0. The second-order valence-electron chi connectivity index (χ2n) is 10.2.